The van der Waals surface area contributed by atoms with E-state index in [0.29, 0.717) is 11.6 Å². The summed E-state index contributed by atoms with van der Waals surface area (Å²) >= 11 is 0. The average Bonchev–Trinajstić information content (AvgIpc) is 2.41. The van der Waals surface area contributed by atoms with Gasteiger partial charge in [0.25, 0.3) is 0 Å². The Morgan fingerprint density at radius 3 is 2.94 bits per heavy atom. The average molecular weight is 240 g/mol. The number of nitrogen functional groups attached to an aromatic ring is 1. The Kier molecular flexibility index (Phi) is 2.89. The molecule has 0 bridgehead atoms. The summed E-state index contributed by atoms with van der Waals surface area (Å²) in [6, 6.07) is 12.1. The van der Waals surface area contributed by atoms with Gasteiger partial charge in [-0.2, -0.15) is 0 Å². The van der Waals surface area contributed by atoms with Crippen LogP contribution in [0, 0.1) is 5.92 Å². The quantitative estimate of drug-likeness (QED) is 0.877. The molecule has 92 valence electrons. The molecular formula is C15H16N2O. The minimum absolute atomic E-state index is 0.496. The highest BCUT2D eigenvalue weighted by atomic mass is 16.5. The number of ether oxygens (including phenoxy) is 1. The van der Waals surface area contributed by atoms with Crippen molar-refractivity contribution in [1.29, 1.82) is 0 Å². The number of hydrogen-bond acceptors (Lipinski definition) is 3. The molecule has 2 heterocycles. The van der Waals surface area contributed by atoms with Crippen LogP contribution in [0.15, 0.2) is 42.6 Å². The molecule has 1 atom stereocenters. The Labute approximate surface area is 107 Å². The summed E-state index contributed by atoms with van der Waals surface area (Å²) in [4.78, 5) is 4.35. The molecule has 2 aromatic rings. The Hall–Kier alpha value is -2.03. The molecule has 0 saturated heterocycles. The predicted molar refractivity (Wildman–Crippen MR) is 71.5 cm³/mol. The number of hydrogen-bond donors (Lipinski definition) is 1. The van der Waals surface area contributed by atoms with Crippen LogP contribution in [0.2, 0.25) is 0 Å². The smallest absolute Gasteiger partial charge is 0.122 e. The van der Waals surface area contributed by atoms with Gasteiger partial charge in [0.1, 0.15) is 5.75 Å². The Bertz CT molecular complexity index is 536. The fourth-order valence-electron chi connectivity index (χ4n) is 2.37. The van der Waals surface area contributed by atoms with Gasteiger partial charge in [-0.15, -0.1) is 0 Å². The highest BCUT2D eigenvalue weighted by Crippen LogP contribution is 2.28. The highest BCUT2D eigenvalue weighted by Gasteiger charge is 2.19. The van der Waals surface area contributed by atoms with Gasteiger partial charge in [-0.1, -0.05) is 18.2 Å². The van der Waals surface area contributed by atoms with Gasteiger partial charge in [-0.25, -0.2) is 0 Å². The van der Waals surface area contributed by atoms with Gasteiger partial charge in [0.2, 0.25) is 0 Å². The SMILES string of the molecule is Nc1ccc(C[C@H]2COc3ccccc3C2)nc1. The van der Waals surface area contributed by atoms with Crippen LogP contribution in [0.25, 0.3) is 0 Å². The van der Waals surface area contributed by atoms with Crippen molar-refractivity contribution in [2.24, 2.45) is 5.92 Å². The Morgan fingerprint density at radius 1 is 1.22 bits per heavy atom. The van der Waals surface area contributed by atoms with Gasteiger partial charge in [-0.3, -0.25) is 4.98 Å². The monoisotopic (exact) mass is 240 g/mol. The minimum atomic E-state index is 0.496. The molecule has 3 rings (SSSR count). The van der Waals surface area contributed by atoms with Crippen molar-refractivity contribution in [1.82, 2.24) is 4.98 Å². The fraction of sp³-hybridized carbons (Fsp3) is 0.267. The van der Waals surface area contributed by atoms with E-state index in [4.69, 9.17) is 10.5 Å². The van der Waals surface area contributed by atoms with E-state index in [1.54, 1.807) is 6.20 Å². The zero-order chi connectivity index (χ0) is 12.4. The van der Waals surface area contributed by atoms with E-state index in [0.717, 1.165) is 30.9 Å². The van der Waals surface area contributed by atoms with Gasteiger partial charge in [0, 0.05) is 11.6 Å². The molecule has 0 saturated carbocycles. The van der Waals surface area contributed by atoms with E-state index in [9.17, 15) is 0 Å². The lowest BCUT2D eigenvalue weighted by molar-refractivity contribution is 0.220. The first-order valence-electron chi connectivity index (χ1n) is 6.22. The third-order valence-corrected chi connectivity index (χ3v) is 3.30. The van der Waals surface area contributed by atoms with E-state index in [1.165, 1.54) is 5.56 Å². The van der Waals surface area contributed by atoms with E-state index >= 15 is 0 Å². The number of rotatable bonds is 2. The van der Waals surface area contributed by atoms with Crippen LogP contribution in [0.4, 0.5) is 5.69 Å². The molecule has 1 aliphatic heterocycles. The first-order chi connectivity index (χ1) is 8.81. The lowest BCUT2D eigenvalue weighted by Gasteiger charge is -2.25. The lowest BCUT2D eigenvalue weighted by Crippen LogP contribution is -2.23. The van der Waals surface area contributed by atoms with Crippen molar-refractivity contribution >= 4 is 5.69 Å². The van der Waals surface area contributed by atoms with Crippen LogP contribution in [0.3, 0.4) is 0 Å². The number of benzene rings is 1. The number of fused-ring (bicyclic) bond motifs is 1. The summed E-state index contributed by atoms with van der Waals surface area (Å²) in [5.74, 6) is 1.52. The molecule has 1 aliphatic rings. The van der Waals surface area contributed by atoms with Crippen molar-refractivity contribution in [3.8, 4) is 5.75 Å². The molecule has 18 heavy (non-hydrogen) atoms. The maximum absolute atomic E-state index is 5.78. The van der Waals surface area contributed by atoms with Crippen LogP contribution in [-0.2, 0) is 12.8 Å². The van der Waals surface area contributed by atoms with Gasteiger partial charge in [-0.05, 0) is 36.6 Å². The van der Waals surface area contributed by atoms with Gasteiger partial charge < -0.3 is 10.5 Å². The number of aromatic nitrogens is 1. The Morgan fingerprint density at radius 2 is 2.11 bits per heavy atom. The second-order valence-electron chi connectivity index (χ2n) is 4.78. The highest BCUT2D eigenvalue weighted by molar-refractivity contribution is 5.36. The summed E-state index contributed by atoms with van der Waals surface area (Å²) < 4.78 is 5.78. The summed E-state index contributed by atoms with van der Waals surface area (Å²) in [6.45, 7) is 0.767. The molecule has 3 heteroatoms. The third-order valence-electron chi connectivity index (χ3n) is 3.30. The van der Waals surface area contributed by atoms with Crippen molar-refractivity contribution in [2.75, 3.05) is 12.3 Å². The maximum Gasteiger partial charge on any atom is 0.122 e. The maximum atomic E-state index is 5.78. The molecule has 0 fully saturated rings. The summed E-state index contributed by atoms with van der Waals surface area (Å²) in [6.07, 6.45) is 3.71. The first-order valence-corrected chi connectivity index (χ1v) is 6.22. The van der Waals surface area contributed by atoms with Crippen molar-refractivity contribution < 1.29 is 4.74 Å². The molecule has 0 radical (unpaired) electrons. The Balaban J connectivity index is 1.71. The normalized spacial score (nSPS) is 17.9. The molecule has 0 amide bonds. The number of para-hydroxylation sites is 1. The predicted octanol–water partition coefficient (Wildman–Crippen LogP) is 2.46. The number of nitrogens with two attached hydrogens (primary N) is 1. The molecular weight excluding hydrogens is 224 g/mol. The van der Waals surface area contributed by atoms with Gasteiger partial charge in [0.05, 0.1) is 18.5 Å². The largest absolute Gasteiger partial charge is 0.493 e. The van der Waals surface area contributed by atoms with E-state index < -0.39 is 0 Å². The molecule has 1 aromatic carbocycles. The van der Waals surface area contributed by atoms with Crippen LogP contribution < -0.4 is 10.5 Å². The fourth-order valence-corrected chi connectivity index (χ4v) is 2.37. The molecule has 0 spiro atoms. The standard InChI is InChI=1S/C15H16N2O/c16-13-5-6-14(17-9-13)8-11-7-12-3-1-2-4-15(12)18-10-11/h1-6,9,11H,7-8,10,16H2/t11-/m0/s1. The van der Waals surface area contributed by atoms with Crippen LogP contribution in [-0.4, -0.2) is 11.6 Å². The van der Waals surface area contributed by atoms with Crippen molar-refractivity contribution in [3.05, 3.63) is 53.9 Å². The number of nitrogens with zero attached hydrogens (tertiary/aromatic N) is 1. The third kappa shape index (κ3) is 2.30. The van der Waals surface area contributed by atoms with E-state index in [2.05, 4.69) is 17.1 Å². The lowest BCUT2D eigenvalue weighted by atomic mass is 9.93. The van der Waals surface area contributed by atoms with E-state index in [-0.39, 0.29) is 0 Å². The summed E-state index contributed by atoms with van der Waals surface area (Å²) in [5.41, 5.74) is 8.72. The zero-order valence-electron chi connectivity index (χ0n) is 10.2. The topological polar surface area (TPSA) is 48.1 Å². The molecule has 1 aromatic heterocycles. The van der Waals surface area contributed by atoms with Gasteiger partial charge in [0.15, 0.2) is 0 Å². The number of pyridine rings is 1. The van der Waals surface area contributed by atoms with Crippen molar-refractivity contribution in [3.63, 3.8) is 0 Å². The molecule has 3 nitrogen and oxygen atoms in total. The summed E-state index contributed by atoms with van der Waals surface area (Å²) in [5, 5.41) is 0. The van der Waals surface area contributed by atoms with Gasteiger partial charge >= 0.3 is 0 Å². The number of anilines is 1. The van der Waals surface area contributed by atoms with Crippen LogP contribution in [0.1, 0.15) is 11.3 Å². The second kappa shape index (κ2) is 4.69. The summed E-state index contributed by atoms with van der Waals surface area (Å²) in [7, 11) is 0. The molecule has 2 N–H and O–H groups in total. The first kappa shape index (κ1) is 11.1. The zero-order valence-corrected chi connectivity index (χ0v) is 10.2. The second-order valence-corrected chi connectivity index (χ2v) is 4.78. The van der Waals surface area contributed by atoms with Crippen molar-refractivity contribution in [2.45, 2.75) is 12.8 Å². The van der Waals surface area contributed by atoms with Crippen LogP contribution in [0.5, 0.6) is 5.75 Å². The van der Waals surface area contributed by atoms with E-state index in [1.807, 2.05) is 24.3 Å². The molecule has 0 aliphatic carbocycles. The van der Waals surface area contributed by atoms with Crippen LogP contribution >= 0.6 is 0 Å². The molecule has 0 unspecified atom stereocenters. The minimum Gasteiger partial charge on any atom is -0.493 e.